The van der Waals surface area contributed by atoms with Crippen molar-refractivity contribution in [3.63, 3.8) is 0 Å². The van der Waals surface area contributed by atoms with Crippen molar-refractivity contribution in [1.82, 2.24) is 15.0 Å². The second-order valence-electron chi connectivity index (χ2n) is 7.42. The first-order chi connectivity index (χ1) is 12.7. The Morgan fingerprint density at radius 3 is 2.96 bits per heavy atom. The van der Waals surface area contributed by atoms with E-state index in [0.717, 1.165) is 41.9 Å². The van der Waals surface area contributed by atoms with E-state index < -0.39 is 0 Å². The third kappa shape index (κ3) is 3.80. The number of hydrogen-bond donors (Lipinski definition) is 0. The third-order valence-electron chi connectivity index (χ3n) is 5.61. The van der Waals surface area contributed by atoms with Crippen LogP contribution in [0.25, 0.3) is 0 Å². The first-order valence-corrected chi connectivity index (χ1v) is 10.5. The van der Waals surface area contributed by atoms with Crippen LogP contribution in [-0.4, -0.2) is 34.0 Å². The van der Waals surface area contributed by atoms with Gasteiger partial charge in [0, 0.05) is 31.1 Å². The molecule has 5 nitrogen and oxygen atoms in total. The van der Waals surface area contributed by atoms with Crippen molar-refractivity contribution in [1.29, 1.82) is 0 Å². The predicted molar refractivity (Wildman–Crippen MR) is 101 cm³/mol. The third-order valence-corrected chi connectivity index (χ3v) is 6.65. The summed E-state index contributed by atoms with van der Waals surface area (Å²) in [5.74, 6) is 3.09. The lowest BCUT2D eigenvalue weighted by Gasteiger charge is -2.41. The number of pyridine rings is 1. The van der Waals surface area contributed by atoms with Crippen LogP contribution in [0.2, 0.25) is 0 Å². The molecule has 2 aromatic heterocycles. The molecular formula is C20H25N3O2S. The van der Waals surface area contributed by atoms with Crippen molar-refractivity contribution < 1.29 is 9.32 Å². The van der Waals surface area contributed by atoms with E-state index in [4.69, 9.17) is 4.52 Å². The maximum Gasteiger partial charge on any atom is 0.256 e. The van der Waals surface area contributed by atoms with Crippen LogP contribution in [-0.2, 0) is 5.75 Å². The first-order valence-electron chi connectivity index (χ1n) is 9.50. The lowest BCUT2D eigenvalue weighted by atomic mass is 9.75. The van der Waals surface area contributed by atoms with Crippen LogP contribution in [0, 0.1) is 18.8 Å². The van der Waals surface area contributed by atoms with Gasteiger partial charge in [-0.2, -0.15) is 0 Å². The van der Waals surface area contributed by atoms with E-state index in [9.17, 15) is 4.79 Å². The summed E-state index contributed by atoms with van der Waals surface area (Å²) >= 11 is 1.55. The fraction of sp³-hybridized carbons (Fsp3) is 0.550. The molecule has 0 spiro atoms. The van der Waals surface area contributed by atoms with Gasteiger partial charge in [0.05, 0.1) is 11.3 Å². The molecule has 26 heavy (non-hydrogen) atoms. The Morgan fingerprint density at radius 1 is 1.31 bits per heavy atom. The van der Waals surface area contributed by atoms with Crippen LogP contribution >= 0.6 is 11.8 Å². The minimum absolute atomic E-state index is 0.126. The number of hydrogen-bond acceptors (Lipinski definition) is 5. The lowest BCUT2D eigenvalue weighted by Crippen LogP contribution is -2.44. The highest BCUT2D eigenvalue weighted by atomic mass is 32.2. The molecule has 1 saturated carbocycles. The van der Waals surface area contributed by atoms with E-state index >= 15 is 0 Å². The number of carbonyl (C=O) groups is 1. The van der Waals surface area contributed by atoms with E-state index in [1.807, 2.05) is 30.0 Å². The van der Waals surface area contributed by atoms with E-state index in [1.165, 1.54) is 25.7 Å². The normalized spacial score (nSPS) is 22.9. The lowest BCUT2D eigenvalue weighted by molar-refractivity contribution is 0.0517. The Kier molecular flexibility index (Phi) is 5.29. The van der Waals surface area contributed by atoms with Crippen LogP contribution < -0.4 is 0 Å². The zero-order chi connectivity index (χ0) is 17.9. The maximum atomic E-state index is 13.1. The quantitative estimate of drug-likeness (QED) is 0.749. The van der Waals surface area contributed by atoms with E-state index in [0.29, 0.717) is 17.2 Å². The molecular weight excluding hydrogens is 346 g/mol. The van der Waals surface area contributed by atoms with Gasteiger partial charge in [0.15, 0.2) is 0 Å². The zero-order valence-electron chi connectivity index (χ0n) is 15.2. The number of carbonyl (C=O) groups excluding carboxylic acids is 1. The Hall–Kier alpha value is -1.82. The van der Waals surface area contributed by atoms with Gasteiger partial charge in [0.1, 0.15) is 10.8 Å². The summed E-state index contributed by atoms with van der Waals surface area (Å²) in [6.07, 6.45) is 8.19. The SMILES string of the molecule is Cc1cc(CSc2ncccc2C(=O)N2CC[C@@H]3CCCC[C@@H]3C2)no1. The van der Waals surface area contributed by atoms with Crippen molar-refractivity contribution in [2.24, 2.45) is 11.8 Å². The molecule has 4 rings (SSSR count). The Balaban J connectivity index is 1.45. The molecule has 0 radical (unpaired) electrons. The standard InChI is InChI=1S/C20H25N3O2S/c1-14-11-17(22-25-14)13-26-19-18(7-4-9-21-19)20(24)23-10-8-15-5-2-3-6-16(15)12-23/h4,7,9,11,15-16H,2-3,5-6,8,10,12-13H2,1H3/t15-,16+/m0/s1. The van der Waals surface area contributed by atoms with E-state index in [1.54, 1.807) is 18.0 Å². The molecule has 0 aromatic carbocycles. The summed E-state index contributed by atoms with van der Waals surface area (Å²) < 4.78 is 5.12. The monoisotopic (exact) mass is 371 g/mol. The number of rotatable bonds is 4. The second kappa shape index (κ2) is 7.82. The molecule has 1 aliphatic carbocycles. The van der Waals surface area contributed by atoms with Crippen LogP contribution in [0.3, 0.4) is 0 Å². The molecule has 0 N–H and O–H groups in total. The molecule has 1 saturated heterocycles. The number of nitrogens with zero attached hydrogens (tertiary/aromatic N) is 3. The Morgan fingerprint density at radius 2 is 2.15 bits per heavy atom. The van der Waals surface area contributed by atoms with Crippen molar-refractivity contribution in [3.05, 3.63) is 41.4 Å². The van der Waals surface area contributed by atoms with Gasteiger partial charge in [-0.1, -0.05) is 36.2 Å². The number of thioether (sulfide) groups is 1. The summed E-state index contributed by atoms with van der Waals surface area (Å²) in [5.41, 5.74) is 1.59. The summed E-state index contributed by atoms with van der Waals surface area (Å²) in [6, 6.07) is 5.68. The fourth-order valence-electron chi connectivity index (χ4n) is 4.25. The molecule has 138 valence electrons. The van der Waals surface area contributed by atoms with E-state index in [2.05, 4.69) is 10.1 Å². The number of amides is 1. The Labute approximate surface area is 158 Å². The number of piperidine rings is 1. The van der Waals surface area contributed by atoms with Gasteiger partial charge in [-0.25, -0.2) is 4.98 Å². The molecule has 1 aliphatic heterocycles. The minimum Gasteiger partial charge on any atom is -0.361 e. The fourth-order valence-corrected chi connectivity index (χ4v) is 5.12. The van der Waals surface area contributed by atoms with Crippen LogP contribution in [0.15, 0.2) is 33.9 Å². The molecule has 1 amide bonds. The molecule has 2 aromatic rings. The number of likely N-dealkylation sites (tertiary alicyclic amines) is 1. The highest BCUT2D eigenvalue weighted by Crippen LogP contribution is 2.37. The zero-order valence-corrected chi connectivity index (χ0v) is 16.0. The van der Waals surface area contributed by atoms with Crippen LogP contribution in [0.4, 0.5) is 0 Å². The van der Waals surface area contributed by atoms with Crippen molar-refractivity contribution >= 4 is 17.7 Å². The van der Waals surface area contributed by atoms with Gasteiger partial charge in [0.25, 0.3) is 5.91 Å². The summed E-state index contributed by atoms with van der Waals surface area (Å²) in [7, 11) is 0. The molecule has 2 aliphatic rings. The molecule has 0 unspecified atom stereocenters. The highest BCUT2D eigenvalue weighted by Gasteiger charge is 2.33. The van der Waals surface area contributed by atoms with Crippen molar-refractivity contribution in [2.75, 3.05) is 13.1 Å². The van der Waals surface area contributed by atoms with Crippen molar-refractivity contribution in [2.45, 2.75) is 49.8 Å². The predicted octanol–water partition coefficient (Wildman–Crippen LogP) is 4.32. The molecule has 2 fully saturated rings. The van der Waals surface area contributed by atoms with Crippen molar-refractivity contribution in [3.8, 4) is 0 Å². The number of aromatic nitrogens is 2. The van der Waals surface area contributed by atoms with Crippen LogP contribution in [0.5, 0.6) is 0 Å². The molecule has 0 bridgehead atoms. The first kappa shape index (κ1) is 17.6. The number of aryl methyl sites for hydroxylation is 1. The average molecular weight is 372 g/mol. The second-order valence-corrected chi connectivity index (χ2v) is 8.38. The summed E-state index contributed by atoms with van der Waals surface area (Å²) in [6.45, 7) is 3.66. The Bertz CT molecular complexity index is 776. The smallest absolute Gasteiger partial charge is 0.256 e. The topological polar surface area (TPSA) is 59.2 Å². The van der Waals surface area contributed by atoms with E-state index in [-0.39, 0.29) is 5.91 Å². The van der Waals surface area contributed by atoms with Gasteiger partial charge in [-0.15, -0.1) is 0 Å². The van der Waals surface area contributed by atoms with Gasteiger partial charge in [-0.05, 0) is 43.7 Å². The summed E-state index contributed by atoms with van der Waals surface area (Å²) in [5, 5.41) is 4.80. The maximum absolute atomic E-state index is 13.1. The van der Waals surface area contributed by atoms with Gasteiger partial charge in [-0.3, -0.25) is 4.79 Å². The largest absolute Gasteiger partial charge is 0.361 e. The number of fused-ring (bicyclic) bond motifs is 1. The molecule has 2 atom stereocenters. The van der Waals surface area contributed by atoms with Gasteiger partial charge < -0.3 is 9.42 Å². The molecule has 6 heteroatoms. The van der Waals surface area contributed by atoms with Gasteiger partial charge >= 0.3 is 0 Å². The highest BCUT2D eigenvalue weighted by molar-refractivity contribution is 7.98. The minimum atomic E-state index is 0.126. The molecule has 3 heterocycles. The average Bonchev–Trinajstić information content (AvgIpc) is 3.11. The van der Waals surface area contributed by atoms with Crippen LogP contribution in [0.1, 0.15) is 53.9 Å². The summed E-state index contributed by atoms with van der Waals surface area (Å²) in [4.78, 5) is 19.7. The van der Waals surface area contributed by atoms with Gasteiger partial charge in [0.2, 0.25) is 0 Å².